The Kier molecular flexibility index (Phi) is 3.22. The predicted molar refractivity (Wildman–Crippen MR) is 73.3 cm³/mol. The molecule has 1 aromatic heterocycles. The third-order valence-electron chi connectivity index (χ3n) is 3.82. The van der Waals surface area contributed by atoms with Gasteiger partial charge in [0.05, 0.1) is 13.2 Å². The van der Waals surface area contributed by atoms with Gasteiger partial charge in [-0.2, -0.15) is 0 Å². The van der Waals surface area contributed by atoms with Crippen molar-refractivity contribution in [3.05, 3.63) is 59.3 Å². The van der Waals surface area contributed by atoms with E-state index in [4.69, 9.17) is 4.74 Å². The number of fused-ring (bicyclic) bond motifs is 1. The van der Waals surface area contributed by atoms with E-state index < -0.39 is 6.10 Å². The number of benzene rings is 1. The van der Waals surface area contributed by atoms with Gasteiger partial charge in [-0.3, -0.25) is 0 Å². The third-order valence-corrected chi connectivity index (χ3v) is 3.82. The van der Waals surface area contributed by atoms with E-state index >= 15 is 0 Å². The van der Waals surface area contributed by atoms with Gasteiger partial charge in [-0.25, -0.2) is 4.98 Å². The summed E-state index contributed by atoms with van der Waals surface area (Å²) in [5, 5.41) is 10.4. The summed E-state index contributed by atoms with van der Waals surface area (Å²) < 4.78 is 5.20. The molecule has 0 spiro atoms. The highest BCUT2D eigenvalue weighted by atomic mass is 16.5. The zero-order chi connectivity index (χ0) is 13.2. The van der Waals surface area contributed by atoms with Gasteiger partial charge in [0.25, 0.3) is 0 Å². The molecule has 1 aromatic carbocycles. The molecule has 19 heavy (non-hydrogen) atoms. The Hall–Kier alpha value is -1.87. The van der Waals surface area contributed by atoms with Crippen LogP contribution in [0.25, 0.3) is 0 Å². The van der Waals surface area contributed by atoms with E-state index in [9.17, 15) is 5.11 Å². The van der Waals surface area contributed by atoms with Crippen LogP contribution in [0.3, 0.4) is 0 Å². The normalized spacial score (nSPS) is 18.3. The van der Waals surface area contributed by atoms with Gasteiger partial charge in [-0.1, -0.05) is 24.3 Å². The number of ether oxygens (including phenoxy) is 1. The Balaban J connectivity index is 1.75. The lowest BCUT2D eigenvalue weighted by Crippen LogP contribution is -2.19. The predicted octanol–water partition coefficient (Wildman–Crippen LogP) is 2.85. The number of pyridine rings is 1. The van der Waals surface area contributed by atoms with Crippen molar-refractivity contribution in [2.24, 2.45) is 0 Å². The van der Waals surface area contributed by atoms with Crippen molar-refractivity contribution in [1.29, 1.82) is 0 Å². The molecule has 2 aromatic rings. The fourth-order valence-electron chi connectivity index (χ4n) is 2.80. The molecule has 0 amide bonds. The average molecular weight is 255 g/mol. The number of methoxy groups -OCH3 is 1. The largest absolute Gasteiger partial charge is 0.481 e. The minimum atomic E-state index is -0.526. The minimum absolute atomic E-state index is 0.441. The summed E-state index contributed by atoms with van der Waals surface area (Å²) in [7, 11) is 1.58. The number of hydrogen-bond donors (Lipinski definition) is 1. The minimum Gasteiger partial charge on any atom is -0.481 e. The van der Waals surface area contributed by atoms with E-state index in [1.165, 1.54) is 11.1 Å². The molecule has 3 rings (SSSR count). The first kappa shape index (κ1) is 12.2. The highest BCUT2D eigenvalue weighted by molar-refractivity contribution is 5.40. The van der Waals surface area contributed by atoms with Crippen LogP contribution in [-0.4, -0.2) is 17.2 Å². The van der Waals surface area contributed by atoms with Crippen molar-refractivity contribution in [2.75, 3.05) is 7.11 Å². The molecule has 0 saturated heterocycles. The van der Waals surface area contributed by atoms with Crippen molar-refractivity contribution in [2.45, 2.75) is 24.9 Å². The molecule has 1 heterocycles. The molecule has 0 fully saturated rings. The maximum atomic E-state index is 10.4. The second-order valence-corrected chi connectivity index (χ2v) is 4.95. The summed E-state index contributed by atoms with van der Waals surface area (Å²) in [5.41, 5.74) is 3.54. The van der Waals surface area contributed by atoms with Gasteiger partial charge >= 0.3 is 0 Å². The first-order valence-corrected chi connectivity index (χ1v) is 6.54. The van der Waals surface area contributed by atoms with Gasteiger partial charge < -0.3 is 9.84 Å². The topological polar surface area (TPSA) is 42.4 Å². The Labute approximate surface area is 112 Å². The Morgan fingerprint density at radius 2 is 2.16 bits per heavy atom. The van der Waals surface area contributed by atoms with Gasteiger partial charge in [0, 0.05) is 11.8 Å². The molecule has 2 atom stereocenters. The van der Waals surface area contributed by atoms with Crippen molar-refractivity contribution in [3.63, 3.8) is 0 Å². The lowest BCUT2D eigenvalue weighted by Gasteiger charge is -2.31. The Morgan fingerprint density at radius 1 is 1.32 bits per heavy atom. The molecule has 2 unspecified atom stereocenters. The van der Waals surface area contributed by atoms with Crippen LogP contribution in [0.2, 0.25) is 0 Å². The summed E-state index contributed by atoms with van der Waals surface area (Å²) in [4.78, 5) is 4.13. The maximum Gasteiger partial charge on any atom is 0.218 e. The molecule has 1 N–H and O–H groups in total. The summed E-state index contributed by atoms with van der Waals surface area (Å²) in [6.45, 7) is 0. The molecule has 1 aliphatic carbocycles. The van der Waals surface area contributed by atoms with Crippen molar-refractivity contribution in [1.82, 2.24) is 4.98 Å². The van der Waals surface area contributed by atoms with Gasteiger partial charge in [-0.15, -0.1) is 0 Å². The van der Waals surface area contributed by atoms with Crippen LogP contribution >= 0.6 is 0 Å². The van der Waals surface area contributed by atoms with Crippen LogP contribution in [0.5, 0.6) is 5.88 Å². The quantitative estimate of drug-likeness (QED) is 0.913. The number of rotatable bonds is 4. The second-order valence-electron chi connectivity index (χ2n) is 4.95. The molecule has 3 heteroatoms. The van der Waals surface area contributed by atoms with E-state index in [0.29, 0.717) is 11.8 Å². The SMILES string of the molecule is COc1ncccc1C(O)CC1Cc2ccccc21. The first-order valence-electron chi connectivity index (χ1n) is 6.54. The summed E-state index contributed by atoms with van der Waals surface area (Å²) in [5.74, 6) is 0.957. The summed E-state index contributed by atoms with van der Waals surface area (Å²) >= 11 is 0. The molecule has 3 nitrogen and oxygen atoms in total. The molecule has 98 valence electrons. The zero-order valence-electron chi connectivity index (χ0n) is 10.9. The molecule has 1 aliphatic rings. The zero-order valence-corrected chi connectivity index (χ0v) is 10.9. The van der Waals surface area contributed by atoms with Crippen molar-refractivity contribution >= 4 is 0 Å². The van der Waals surface area contributed by atoms with Crippen LogP contribution in [0.4, 0.5) is 0 Å². The third kappa shape index (κ3) is 2.22. The maximum absolute atomic E-state index is 10.4. The second kappa shape index (κ2) is 5.02. The lowest BCUT2D eigenvalue weighted by molar-refractivity contribution is 0.149. The van der Waals surface area contributed by atoms with E-state index in [2.05, 4.69) is 29.2 Å². The van der Waals surface area contributed by atoms with E-state index in [0.717, 1.165) is 18.4 Å². The highest BCUT2D eigenvalue weighted by Crippen LogP contribution is 2.41. The number of hydrogen-bond acceptors (Lipinski definition) is 3. The number of nitrogens with zero attached hydrogens (tertiary/aromatic N) is 1. The lowest BCUT2D eigenvalue weighted by atomic mass is 9.74. The van der Waals surface area contributed by atoms with Gasteiger partial charge in [-0.05, 0) is 42.0 Å². The fraction of sp³-hybridized carbons (Fsp3) is 0.312. The molecule has 0 aliphatic heterocycles. The highest BCUT2D eigenvalue weighted by Gasteiger charge is 2.28. The van der Waals surface area contributed by atoms with E-state index in [1.54, 1.807) is 13.3 Å². The van der Waals surface area contributed by atoms with E-state index in [-0.39, 0.29) is 0 Å². The number of aromatic nitrogens is 1. The van der Waals surface area contributed by atoms with Gasteiger partial charge in [0.2, 0.25) is 5.88 Å². The smallest absolute Gasteiger partial charge is 0.218 e. The number of aliphatic hydroxyl groups excluding tert-OH is 1. The van der Waals surface area contributed by atoms with Gasteiger partial charge in [0.15, 0.2) is 0 Å². The van der Waals surface area contributed by atoms with Crippen LogP contribution in [0.1, 0.15) is 35.1 Å². The molecule has 0 bridgehead atoms. The van der Waals surface area contributed by atoms with Crippen LogP contribution in [0, 0.1) is 0 Å². The molecule has 0 saturated carbocycles. The van der Waals surface area contributed by atoms with Crippen LogP contribution in [-0.2, 0) is 6.42 Å². The molecular formula is C16H17NO2. The standard InChI is InChI=1S/C16H17NO2/c1-19-16-14(7-4-8-17-16)15(18)10-12-9-11-5-2-3-6-13(11)12/h2-8,12,15,18H,9-10H2,1H3. The average Bonchev–Trinajstić information content (AvgIpc) is 2.44. The summed E-state index contributed by atoms with van der Waals surface area (Å²) in [6.07, 6.45) is 2.92. The van der Waals surface area contributed by atoms with Gasteiger partial charge in [0.1, 0.15) is 0 Å². The Morgan fingerprint density at radius 3 is 2.95 bits per heavy atom. The molecule has 0 radical (unpaired) electrons. The monoisotopic (exact) mass is 255 g/mol. The van der Waals surface area contributed by atoms with Crippen LogP contribution < -0.4 is 4.74 Å². The Bertz CT molecular complexity index is 582. The van der Waals surface area contributed by atoms with Crippen LogP contribution in [0.15, 0.2) is 42.6 Å². The van der Waals surface area contributed by atoms with Crippen molar-refractivity contribution in [3.8, 4) is 5.88 Å². The van der Waals surface area contributed by atoms with E-state index in [1.807, 2.05) is 12.1 Å². The number of aliphatic hydroxyl groups is 1. The molecular weight excluding hydrogens is 238 g/mol. The van der Waals surface area contributed by atoms with Crippen molar-refractivity contribution < 1.29 is 9.84 Å². The fourth-order valence-corrected chi connectivity index (χ4v) is 2.80. The summed E-state index contributed by atoms with van der Waals surface area (Å²) in [6, 6.07) is 12.1. The first-order chi connectivity index (χ1) is 9.29.